The minimum Gasteiger partial charge on any atom is -0.461 e. The number of hydrogen-bond donors (Lipinski definition) is 0. The Hall–Kier alpha value is -2.56. The van der Waals surface area contributed by atoms with Crippen LogP contribution in [0.5, 0.6) is 17.5 Å². The van der Waals surface area contributed by atoms with Gasteiger partial charge in [0.15, 0.2) is 0 Å². The number of ether oxygens (including phenoxy) is 2. The zero-order chi connectivity index (χ0) is 16.4. The van der Waals surface area contributed by atoms with Crippen LogP contribution in [0.1, 0.15) is 32.1 Å². The maximum Gasteiger partial charge on any atom is 0.297 e. The summed E-state index contributed by atoms with van der Waals surface area (Å²) in [4.78, 5) is 8.69. The zero-order valence-electron chi connectivity index (χ0n) is 13.8. The van der Waals surface area contributed by atoms with Crippen molar-refractivity contribution in [1.29, 1.82) is 0 Å². The Labute approximate surface area is 141 Å². The van der Waals surface area contributed by atoms with Crippen LogP contribution in [0, 0.1) is 0 Å². The van der Waals surface area contributed by atoms with Crippen molar-refractivity contribution in [2.24, 2.45) is 7.05 Å². The lowest BCUT2D eigenvalue weighted by Gasteiger charge is -2.22. The molecular weight excluding hydrogens is 302 g/mol. The van der Waals surface area contributed by atoms with Gasteiger partial charge in [-0.25, -0.2) is 0 Å². The lowest BCUT2D eigenvalue weighted by atomic mass is 9.98. The molecule has 24 heavy (non-hydrogen) atoms. The summed E-state index contributed by atoms with van der Waals surface area (Å²) < 4.78 is 14.0. The largest absolute Gasteiger partial charge is 0.461 e. The van der Waals surface area contributed by atoms with E-state index >= 15 is 0 Å². The third-order valence-corrected chi connectivity index (χ3v) is 4.51. The van der Waals surface area contributed by atoms with Gasteiger partial charge in [0.05, 0.1) is 17.2 Å². The molecule has 0 radical (unpaired) electrons. The smallest absolute Gasteiger partial charge is 0.297 e. The van der Waals surface area contributed by atoms with Gasteiger partial charge in [-0.2, -0.15) is 4.98 Å². The third-order valence-electron chi connectivity index (χ3n) is 4.51. The van der Waals surface area contributed by atoms with Crippen LogP contribution in [-0.2, 0) is 7.05 Å². The lowest BCUT2D eigenvalue weighted by molar-refractivity contribution is 0.138. The first kappa shape index (κ1) is 15.0. The van der Waals surface area contributed by atoms with E-state index in [1.807, 2.05) is 41.9 Å². The summed E-state index contributed by atoms with van der Waals surface area (Å²) in [5, 5.41) is 0. The Balaban J connectivity index is 1.58. The summed E-state index contributed by atoms with van der Waals surface area (Å²) in [5.41, 5.74) is 1.92. The molecule has 0 unspecified atom stereocenters. The number of fused-ring (bicyclic) bond motifs is 1. The van der Waals surface area contributed by atoms with E-state index in [4.69, 9.17) is 9.47 Å². The Morgan fingerprint density at radius 2 is 1.96 bits per heavy atom. The summed E-state index contributed by atoms with van der Waals surface area (Å²) in [6, 6.07) is 10.3. The second-order valence-electron chi connectivity index (χ2n) is 6.27. The van der Waals surface area contributed by atoms with Crippen molar-refractivity contribution < 1.29 is 9.47 Å². The molecular formula is C19H21N3O2. The van der Waals surface area contributed by atoms with Gasteiger partial charge < -0.3 is 9.47 Å². The van der Waals surface area contributed by atoms with E-state index in [0.717, 1.165) is 35.4 Å². The zero-order valence-corrected chi connectivity index (χ0v) is 13.8. The van der Waals surface area contributed by atoms with Crippen LogP contribution >= 0.6 is 0 Å². The number of aromatic nitrogens is 3. The fourth-order valence-corrected chi connectivity index (χ4v) is 3.19. The molecule has 1 saturated carbocycles. The van der Waals surface area contributed by atoms with Gasteiger partial charge in [0.25, 0.3) is 6.01 Å². The molecule has 0 aliphatic heterocycles. The Bertz CT molecular complexity index is 823. The van der Waals surface area contributed by atoms with E-state index in [1.165, 1.54) is 19.3 Å². The second kappa shape index (κ2) is 6.51. The van der Waals surface area contributed by atoms with E-state index in [2.05, 4.69) is 9.97 Å². The van der Waals surface area contributed by atoms with Gasteiger partial charge in [0.1, 0.15) is 17.6 Å². The van der Waals surface area contributed by atoms with Crippen molar-refractivity contribution >= 4 is 11.0 Å². The molecule has 0 spiro atoms. The van der Waals surface area contributed by atoms with Crippen LogP contribution < -0.4 is 9.47 Å². The first-order valence-corrected chi connectivity index (χ1v) is 8.50. The number of benzene rings is 1. The van der Waals surface area contributed by atoms with Crippen LogP contribution in [0.2, 0.25) is 0 Å². The number of aryl methyl sites for hydroxylation is 1. The van der Waals surface area contributed by atoms with Gasteiger partial charge in [-0.05, 0) is 49.9 Å². The highest BCUT2D eigenvalue weighted by atomic mass is 16.5. The van der Waals surface area contributed by atoms with Crippen LogP contribution in [-0.4, -0.2) is 20.6 Å². The standard InChI is InChI=1S/C19H21N3O2/c1-22-18-12-15(23-16-8-5-11-20-13-16)9-10-17(18)21-19(22)24-14-6-3-2-4-7-14/h5,8-14H,2-4,6-7H2,1H3. The monoisotopic (exact) mass is 323 g/mol. The van der Waals surface area contributed by atoms with Gasteiger partial charge >= 0.3 is 0 Å². The number of nitrogens with zero attached hydrogens (tertiary/aromatic N) is 3. The number of pyridine rings is 1. The third kappa shape index (κ3) is 3.07. The second-order valence-corrected chi connectivity index (χ2v) is 6.27. The molecule has 5 nitrogen and oxygen atoms in total. The van der Waals surface area contributed by atoms with Crippen LogP contribution in [0.15, 0.2) is 42.7 Å². The van der Waals surface area contributed by atoms with Gasteiger partial charge in [-0.15, -0.1) is 0 Å². The predicted molar refractivity (Wildman–Crippen MR) is 92.5 cm³/mol. The van der Waals surface area contributed by atoms with Crippen molar-refractivity contribution in [3.8, 4) is 17.5 Å². The average molecular weight is 323 g/mol. The summed E-state index contributed by atoms with van der Waals surface area (Å²) in [6.07, 6.45) is 9.78. The number of hydrogen-bond acceptors (Lipinski definition) is 4. The highest BCUT2D eigenvalue weighted by Crippen LogP contribution is 2.29. The van der Waals surface area contributed by atoms with E-state index in [0.29, 0.717) is 12.1 Å². The van der Waals surface area contributed by atoms with E-state index in [-0.39, 0.29) is 0 Å². The SMILES string of the molecule is Cn1c(OC2CCCCC2)nc2ccc(Oc3cccnc3)cc21. The molecule has 2 heterocycles. The summed E-state index contributed by atoms with van der Waals surface area (Å²) in [6.45, 7) is 0. The maximum absolute atomic E-state index is 6.13. The summed E-state index contributed by atoms with van der Waals surface area (Å²) >= 11 is 0. The minimum absolute atomic E-state index is 0.292. The topological polar surface area (TPSA) is 49.2 Å². The fourth-order valence-electron chi connectivity index (χ4n) is 3.19. The molecule has 1 fully saturated rings. The molecule has 3 aromatic rings. The molecule has 0 atom stereocenters. The molecule has 0 saturated heterocycles. The van der Waals surface area contributed by atoms with Crippen molar-refractivity contribution in [2.45, 2.75) is 38.2 Å². The predicted octanol–water partition coefficient (Wildman–Crippen LogP) is 4.47. The van der Waals surface area contributed by atoms with Crippen molar-refractivity contribution in [3.63, 3.8) is 0 Å². The van der Waals surface area contributed by atoms with Gasteiger partial charge in [-0.3, -0.25) is 9.55 Å². The minimum atomic E-state index is 0.292. The highest BCUT2D eigenvalue weighted by molar-refractivity contribution is 5.78. The normalized spacial score (nSPS) is 15.5. The molecule has 1 aliphatic carbocycles. The van der Waals surface area contributed by atoms with Crippen molar-refractivity contribution in [3.05, 3.63) is 42.7 Å². The molecule has 0 N–H and O–H groups in total. The average Bonchev–Trinajstić information content (AvgIpc) is 2.93. The fraction of sp³-hybridized carbons (Fsp3) is 0.368. The maximum atomic E-state index is 6.13. The molecule has 0 bridgehead atoms. The lowest BCUT2D eigenvalue weighted by Crippen LogP contribution is -2.21. The van der Waals surface area contributed by atoms with Gasteiger partial charge in [0, 0.05) is 19.3 Å². The van der Waals surface area contributed by atoms with E-state index in [9.17, 15) is 0 Å². The summed E-state index contributed by atoms with van der Waals surface area (Å²) in [7, 11) is 1.99. The Morgan fingerprint density at radius 1 is 1.08 bits per heavy atom. The van der Waals surface area contributed by atoms with Crippen LogP contribution in [0.25, 0.3) is 11.0 Å². The first-order chi connectivity index (χ1) is 11.8. The van der Waals surface area contributed by atoms with Crippen LogP contribution in [0.3, 0.4) is 0 Å². The molecule has 5 heteroatoms. The first-order valence-electron chi connectivity index (χ1n) is 8.50. The molecule has 1 aliphatic rings. The molecule has 124 valence electrons. The summed E-state index contributed by atoms with van der Waals surface area (Å²) in [5.74, 6) is 1.49. The van der Waals surface area contributed by atoms with Crippen molar-refractivity contribution in [1.82, 2.24) is 14.5 Å². The van der Waals surface area contributed by atoms with Crippen LogP contribution in [0.4, 0.5) is 0 Å². The Morgan fingerprint density at radius 3 is 2.75 bits per heavy atom. The molecule has 2 aromatic heterocycles. The molecule has 1 aromatic carbocycles. The van der Waals surface area contributed by atoms with Gasteiger partial charge in [-0.1, -0.05) is 6.42 Å². The molecule has 0 amide bonds. The van der Waals surface area contributed by atoms with Crippen molar-refractivity contribution in [2.75, 3.05) is 0 Å². The number of rotatable bonds is 4. The highest BCUT2D eigenvalue weighted by Gasteiger charge is 2.18. The van der Waals surface area contributed by atoms with E-state index in [1.54, 1.807) is 12.4 Å². The quantitative estimate of drug-likeness (QED) is 0.710. The molecule has 4 rings (SSSR count). The number of imidazole rings is 1. The van der Waals surface area contributed by atoms with Gasteiger partial charge in [0.2, 0.25) is 0 Å². The Kier molecular flexibility index (Phi) is 4.07. The van der Waals surface area contributed by atoms with E-state index < -0.39 is 0 Å².